The van der Waals surface area contributed by atoms with Crippen molar-refractivity contribution >= 4 is 33.4 Å². The third-order valence-electron chi connectivity index (χ3n) is 2.85. The SMILES string of the molecule is O=C(NCc1ncc(C(F)(F)F)cc1Cl)c1c(F)cccc1Br. The molecule has 2 rings (SSSR count). The van der Waals surface area contributed by atoms with E-state index < -0.39 is 23.5 Å². The summed E-state index contributed by atoms with van der Waals surface area (Å²) >= 11 is 8.78. The number of hydrogen-bond donors (Lipinski definition) is 1. The summed E-state index contributed by atoms with van der Waals surface area (Å²) in [7, 11) is 0. The minimum absolute atomic E-state index is 0.0421. The molecule has 1 aromatic heterocycles. The first-order chi connectivity index (χ1) is 10.7. The van der Waals surface area contributed by atoms with Crippen molar-refractivity contribution in [2.45, 2.75) is 12.7 Å². The summed E-state index contributed by atoms with van der Waals surface area (Å²) < 4.78 is 51.4. The Balaban J connectivity index is 2.14. The van der Waals surface area contributed by atoms with Gasteiger partial charge in [0.25, 0.3) is 5.91 Å². The third kappa shape index (κ3) is 4.20. The molecule has 1 aromatic carbocycles. The number of nitrogens with one attached hydrogen (secondary N) is 1. The highest BCUT2D eigenvalue weighted by atomic mass is 79.9. The Labute approximate surface area is 141 Å². The smallest absolute Gasteiger partial charge is 0.346 e. The lowest BCUT2D eigenvalue weighted by molar-refractivity contribution is -0.137. The van der Waals surface area contributed by atoms with Gasteiger partial charge in [0.15, 0.2) is 0 Å². The Morgan fingerprint density at radius 2 is 2.04 bits per heavy atom. The number of nitrogens with zero attached hydrogens (tertiary/aromatic N) is 1. The molecule has 3 nitrogen and oxygen atoms in total. The molecule has 122 valence electrons. The largest absolute Gasteiger partial charge is 0.417 e. The van der Waals surface area contributed by atoms with Gasteiger partial charge in [-0.1, -0.05) is 17.7 Å². The van der Waals surface area contributed by atoms with E-state index in [1.165, 1.54) is 12.1 Å². The lowest BCUT2D eigenvalue weighted by atomic mass is 10.2. The molecule has 0 saturated carbocycles. The van der Waals surface area contributed by atoms with Crippen LogP contribution in [0.15, 0.2) is 34.9 Å². The van der Waals surface area contributed by atoms with Crippen LogP contribution in [0.4, 0.5) is 17.6 Å². The van der Waals surface area contributed by atoms with Gasteiger partial charge < -0.3 is 5.32 Å². The summed E-state index contributed by atoms with van der Waals surface area (Å²) in [6, 6.07) is 4.74. The van der Waals surface area contributed by atoms with Crippen LogP contribution in [0.25, 0.3) is 0 Å². The van der Waals surface area contributed by atoms with Crippen molar-refractivity contribution in [3.63, 3.8) is 0 Å². The van der Waals surface area contributed by atoms with E-state index in [-0.39, 0.29) is 27.3 Å². The second-order valence-electron chi connectivity index (χ2n) is 4.43. The number of carbonyl (C=O) groups is 1. The fraction of sp³-hybridized carbons (Fsp3) is 0.143. The Kier molecular flexibility index (Phi) is 5.26. The van der Waals surface area contributed by atoms with Crippen LogP contribution in [0.5, 0.6) is 0 Å². The molecule has 1 N–H and O–H groups in total. The molecular weight excluding hydrogens is 404 g/mol. The Morgan fingerprint density at radius 1 is 1.35 bits per heavy atom. The second kappa shape index (κ2) is 6.84. The molecule has 1 amide bonds. The van der Waals surface area contributed by atoms with E-state index >= 15 is 0 Å². The number of hydrogen-bond acceptors (Lipinski definition) is 2. The standard InChI is InChI=1S/C14H8BrClF4N2O/c15-8-2-1-3-10(17)12(8)13(23)22-6-11-9(16)4-7(5-21-11)14(18,19)20/h1-5H,6H2,(H,22,23). The number of halogens is 6. The second-order valence-corrected chi connectivity index (χ2v) is 5.69. The van der Waals surface area contributed by atoms with Gasteiger partial charge in [0.2, 0.25) is 0 Å². The van der Waals surface area contributed by atoms with Crippen molar-refractivity contribution in [3.8, 4) is 0 Å². The normalized spacial score (nSPS) is 11.4. The van der Waals surface area contributed by atoms with E-state index in [0.717, 1.165) is 12.1 Å². The first-order valence-electron chi connectivity index (χ1n) is 6.14. The zero-order chi connectivity index (χ0) is 17.2. The zero-order valence-corrected chi connectivity index (χ0v) is 13.6. The maximum Gasteiger partial charge on any atom is 0.417 e. The number of amides is 1. The molecule has 2 aromatic rings. The number of alkyl halides is 3. The van der Waals surface area contributed by atoms with Gasteiger partial charge in [0.05, 0.1) is 28.4 Å². The van der Waals surface area contributed by atoms with Gasteiger partial charge in [-0.2, -0.15) is 13.2 Å². The van der Waals surface area contributed by atoms with Crippen LogP contribution in [-0.2, 0) is 12.7 Å². The molecule has 0 radical (unpaired) electrons. The van der Waals surface area contributed by atoms with Crippen molar-refractivity contribution in [2.75, 3.05) is 0 Å². The zero-order valence-electron chi connectivity index (χ0n) is 11.2. The number of rotatable bonds is 3. The van der Waals surface area contributed by atoms with Gasteiger partial charge in [-0.15, -0.1) is 0 Å². The maximum atomic E-state index is 13.6. The minimum Gasteiger partial charge on any atom is -0.346 e. The minimum atomic E-state index is -4.56. The molecule has 0 aliphatic carbocycles. The summed E-state index contributed by atoms with van der Waals surface area (Å²) in [5.41, 5.74) is -1.16. The molecule has 1 heterocycles. The van der Waals surface area contributed by atoms with E-state index in [0.29, 0.717) is 6.20 Å². The molecule has 0 bridgehead atoms. The van der Waals surface area contributed by atoms with Crippen LogP contribution in [0.1, 0.15) is 21.6 Å². The number of aromatic nitrogens is 1. The van der Waals surface area contributed by atoms with Gasteiger partial charge in [0.1, 0.15) is 5.82 Å². The molecule has 0 unspecified atom stereocenters. The highest BCUT2D eigenvalue weighted by molar-refractivity contribution is 9.10. The van der Waals surface area contributed by atoms with Crippen LogP contribution < -0.4 is 5.32 Å². The van der Waals surface area contributed by atoms with E-state index in [1.807, 2.05) is 0 Å². The third-order valence-corrected chi connectivity index (χ3v) is 3.84. The maximum absolute atomic E-state index is 13.6. The van der Waals surface area contributed by atoms with Crippen LogP contribution >= 0.6 is 27.5 Å². The Morgan fingerprint density at radius 3 is 2.61 bits per heavy atom. The lowest BCUT2D eigenvalue weighted by Gasteiger charge is -2.11. The molecule has 9 heteroatoms. The average molecular weight is 412 g/mol. The first kappa shape index (κ1) is 17.7. The van der Waals surface area contributed by atoms with Gasteiger partial charge >= 0.3 is 6.18 Å². The van der Waals surface area contributed by atoms with Gasteiger partial charge in [-0.05, 0) is 34.1 Å². The van der Waals surface area contributed by atoms with Crippen molar-refractivity contribution in [1.82, 2.24) is 10.3 Å². The molecule has 0 aliphatic heterocycles. The lowest BCUT2D eigenvalue weighted by Crippen LogP contribution is -2.25. The van der Waals surface area contributed by atoms with Crippen LogP contribution in [0, 0.1) is 5.82 Å². The van der Waals surface area contributed by atoms with E-state index in [1.54, 1.807) is 0 Å². The molecule has 23 heavy (non-hydrogen) atoms. The number of pyridine rings is 1. The quantitative estimate of drug-likeness (QED) is 0.751. The molecule has 0 fully saturated rings. The first-order valence-corrected chi connectivity index (χ1v) is 7.31. The predicted molar refractivity (Wildman–Crippen MR) is 79.5 cm³/mol. The van der Waals surface area contributed by atoms with Crippen LogP contribution in [-0.4, -0.2) is 10.9 Å². The molecule has 0 saturated heterocycles. The molecular formula is C14H8BrClF4N2O. The predicted octanol–water partition coefficient (Wildman–Crippen LogP) is 4.59. The van der Waals surface area contributed by atoms with E-state index in [9.17, 15) is 22.4 Å². The average Bonchev–Trinajstić information content (AvgIpc) is 2.44. The van der Waals surface area contributed by atoms with E-state index in [2.05, 4.69) is 26.2 Å². The van der Waals surface area contributed by atoms with Gasteiger partial charge in [0, 0.05) is 10.7 Å². The highest BCUT2D eigenvalue weighted by Crippen LogP contribution is 2.31. The van der Waals surface area contributed by atoms with Crippen molar-refractivity contribution in [2.24, 2.45) is 0 Å². The van der Waals surface area contributed by atoms with Crippen molar-refractivity contribution in [3.05, 3.63) is 62.6 Å². The fourth-order valence-corrected chi connectivity index (χ4v) is 2.47. The molecule has 0 atom stereocenters. The van der Waals surface area contributed by atoms with Crippen molar-refractivity contribution < 1.29 is 22.4 Å². The van der Waals surface area contributed by atoms with Crippen molar-refractivity contribution in [1.29, 1.82) is 0 Å². The van der Waals surface area contributed by atoms with Gasteiger partial charge in [-0.25, -0.2) is 4.39 Å². The number of carbonyl (C=O) groups excluding carboxylic acids is 1. The molecule has 0 spiro atoms. The molecule has 0 aliphatic rings. The summed E-state index contributed by atoms with van der Waals surface area (Å²) in [6.07, 6.45) is -3.94. The Bertz CT molecular complexity index is 732. The summed E-state index contributed by atoms with van der Waals surface area (Å²) in [4.78, 5) is 15.5. The Hall–Kier alpha value is -1.67. The van der Waals surface area contributed by atoms with Crippen LogP contribution in [0.3, 0.4) is 0 Å². The van der Waals surface area contributed by atoms with Gasteiger partial charge in [-0.3, -0.25) is 9.78 Å². The van der Waals surface area contributed by atoms with Crippen LogP contribution in [0.2, 0.25) is 5.02 Å². The fourth-order valence-electron chi connectivity index (χ4n) is 1.72. The summed E-state index contributed by atoms with van der Waals surface area (Å²) in [6.45, 7) is -0.240. The monoisotopic (exact) mass is 410 g/mol. The summed E-state index contributed by atoms with van der Waals surface area (Å²) in [5.74, 6) is -1.48. The summed E-state index contributed by atoms with van der Waals surface area (Å²) in [5, 5.41) is 2.12. The highest BCUT2D eigenvalue weighted by Gasteiger charge is 2.31. The topological polar surface area (TPSA) is 42.0 Å². The van der Waals surface area contributed by atoms with E-state index in [4.69, 9.17) is 11.6 Å². The number of benzene rings is 1.